The highest BCUT2D eigenvalue weighted by Gasteiger charge is 2.40. The van der Waals surface area contributed by atoms with Gasteiger partial charge in [-0.25, -0.2) is 4.79 Å². The van der Waals surface area contributed by atoms with E-state index in [1.54, 1.807) is 12.1 Å². The molecular weight excluding hydrogens is 258 g/mol. The maximum Gasteiger partial charge on any atom is 0.335 e. The predicted molar refractivity (Wildman–Crippen MR) is 71.6 cm³/mol. The number of aromatic carboxylic acids is 1. The van der Waals surface area contributed by atoms with Crippen molar-refractivity contribution in [2.75, 3.05) is 13.2 Å². The van der Waals surface area contributed by atoms with E-state index in [9.17, 15) is 9.59 Å². The van der Waals surface area contributed by atoms with Crippen LogP contribution in [0, 0.1) is 5.92 Å². The van der Waals surface area contributed by atoms with E-state index in [-0.39, 0.29) is 23.4 Å². The second-order valence-electron chi connectivity index (χ2n) is 5.00. The molecule has 20 heavy (non-hydrogen) atoms. The van der Waals surface area contributed by atoms with Crippen LogP contribution >= 0.6 is 0 Å². The third-order valence-corrected chi connectivity index (χ3v) is 3.76. The predicted octanol–water partition coefficient (Wildman–Crippen LogP) is 1.55. The maximum absolute atomic E-state index is 11.9. The molecule has 5 nitrogen and oxygen atoms in total. The molecule has 1 aliphatic carbocycles. The highest BCUT2D eigenvalue weighted by Crippen LogP contribution is 2.32. The fourth-order valence-electron chi connectivity index (χ4n) is 2.70. The largest absolute Gasteiger partial charge is 0.492 e. The quantitative estimate of drug-likeness (QED) is 0.827. The Labute approximate surface area is 116 Å². The minimum atomic E-state index is -0.956. The Morgan fingerprint density at radius 2 is 2.05 bits per heavy atom. The highest BCUT2D eigenvalue weighted by atomic mass is 16.5. The number of carboxylic acids is 1. The average Bonchev–Trinajstić information content (AvgIpc) is 3.02. The summed E-state index contributed by atoms with van der Waals surface area (Å²) in [5.41, 5.74) is 0.231. The number of amides is 1. The van der Waals surface area contributed by atoms with Crippen molar-refractivity contribution in [3.8, 4) is 5.75 Å². The first-order valence-electron chi connectivity index (χ1n) is 6.60. The normalized spacial score (nSPS) is 23.4. The molecule has 0 aromatic heterocycles. The van der Waals surface area contributed by atoms with Gasteiger partial charge in [0.25, 0.3) is 0 Å². The first-order chi connectivity index (χ1) is 9.65. The van der Waals surface area contributed by atoms with Crippen molar-refractivity contribution >= 4 is 11.9 Å². The molecule has 1 heterocycles. The minimum Gasteiger partial charge on any atom is -0.492 e. The fourth-order valence-corrected chi connectivity index (χ4v) is 2.70. The van der Waals surface area contributed by atoms with Crippen LogP contribution < -0.4 is 4.74 Å². The molecule has 2 aliphatic rings. The van der Waals surface area contributed by atoms with Gasteiger partial charge in [-0.15, -0.1) is 0 Å². The second-order valence-corrected chi connectivity index (χ2v) is 5.00. The molecule has 5 heteroatoms. The van der Waals surface area contributed by atoms with E-state index in [2.05, 4.69) is 6.08 Å². The third-order valence-electron chi connectivity index (χ3n) is 3.76. The number of hydrogen-bond donors (Lipinski definition) is 1. The van der Waals surface area contributed by atoms with Crippen LogP contribution in [0.2, 0.25) is 0 Å². The van der Waals surface area contributed by atoms with Crippen LogP contribution in [0.5, 0.6) is 5.75 Å². The first-order valence-corrected chi connectivity index (χ1v) is 6.60. The van der Waals surface area contributed by atoms with Gasteiger partial charge in [0.1, 0.15) is 12.4 Å². The molecule has 1 aromatic rings. The van der Waals surface area contributed by atoms with Crippen molar-refractivity contribution in [2.45, 2.75) is 12.5 Å². The summed E-state index contributed by atoms with van der Waals surface area (Å²) in [5.74, 6) is -0.0958. The molecule has 0 spiro atoms. The molecule has 1 fully saturated rings. The lowest BCUT2D eigenvalue weighted by Crippen LogP contribution is -2.37. The van der Waals surface area contributed by atoms with Crippen LogP contribution in [0.4, 0.5) is 0 Å². The molecular formula is C15H15NO4. The zero-order valence-corrected chi connectivity index (χ0v) is 10.9. The van der Waals surface area contributed by atoms with Gasteiger partial charge >= 0.3 is 5.97 Å². The molecule has 1 aliphatic heterocycles. The summed E-state index contributed by atoms with van der Waals surface area (Å²) in [4.78, 5) is 24.4. The van der Waals surface area contributed by atoms with Crippen LogP contribution in [-0.4, -0.2) is 41.1 Å². The zero-order chi connectivity index (χ0) is 14.1. The smallest absolute Gasteiger partial charge is 0.335 e. The minimum absolute atomic E-state index is 0.0647. The summed E-state index contributed by atoms with van der Waals surface area (Å²) < 4.78 is 5.55. The zero-order valence-electron chi connectivity index (χ0n) is 10.9. The van der Waals surface area contributed by atoms with Gasteiger partial charge < -0.3 is 14.7 Å². The van der Waals surface area contributed by atoms with Gasteiger partial charge in [0.2, 0.25) is 5.91 Å². The number of fused-ring (bicyclic) bond motifs is 2. The van der Waals surface area contributed by atoms with Gasteiger partial charge in [0, 0.05) is 0 Å². The van der Waals surface area contributed by atoms with E-state index in [0.29, 0.717) is 18.9 Å². The van der Waals surface area contributed by atoms with Crippen molar-refractivity contribution in [2.24, 2.45) is 5.92 Å². The molecule has 1 saturated heterocycles. The van der Waals surface area contributed by atoms with Crippen molar-refractivity contribution in [3.05, 3.63) is 42.0 Å². The number of benzene rings is 1. The van der Waals surface area contributed by atoms with Crippen LogP contribution in [0.15, 0.2) is 36.4 Å². The standard InChI is InChI=1S/C15H15NO4/c17-14-11-1-4-12(9-11)16(14)7-8-20-13-5-2-10(3-6-13)15(18)19/h1-6,11-12H,7-9H2,(H,18,19). The van der Waals surface area contributed by atoms with Crippen molar-refractivity contribution in [3.63, 3.8) is 0 Å². The monoisotopic (exact) mass is 273 g/mol. The lowest BCUT2D eigenvalue weighted by Gasteiger charge is -2.24. The van der Waals surface area contributed by atoms with E-state index < -0.39 is 5.97 Å². The number of likely N-dealkylation sites (tertiary alicyclic amines) is 1. The number of nitrogens with zero attached hydrogens (tertiary/aromatic N) is 1. The molecule has 2 bridgehead atoms. The summed E-state index contributed by atoms with van der Waals surface area (Å²) in [5, 5.41) is 8.79. The van der Waals surface area contributed by atoms with Crippen molar-refractivity contribution in [1.29, 1.82) is 0 Å². The molecule has 2 atom stereocenters. The van der Waals surface area contributed by atoms with Gasteiger partial charge in [-0.05, 0) is 30.7 Å². The topological polar surface area (TPSA) is 66.8 Å². The van der Waals surface area contributed by atoms with E-state index in [1.165, 1.54) is 12.1 Å². The summed E-state index contributed by atoms with van der Waals surface area (Å²) in [6, 6.07) is 6.49. The number of rotatable bonds is 5. The molecule has 1 N–H and O–H groups in total. The van der Waals surface area contributed by atoms with Crippen molar-refractivity contribution < 1.29 is 19.4 Å². The van der Waals surface area contributed by atoms with E-state index in [1.807, 2.05) is 11.0 Å². The van der Waals surface area contributed by atoms with E-state index >= 15 is 0 Å². The molecule has 0 radical (unpaired) electrons. The molecule has 2 unspecified atom stereocenters. The maximum atomic E-state index is 11.9. The van der Waals surface area contributed by atoms with Gasteiger partial charge in [0.05, 0.1) is 24.1 Å². The Kier molecular flexibility index (Phi) is 3.18. The Morgan fingerprint density at radius 1 is 1.30 bits per heavy atom. The Bertz CT molecular complexity index is 564. The van der Waals surface area contributed by atoms with Crippen molar-refractivity contribution in [1.82, 2.24) is 4.90 Å². The molecule has 3 rings (SSSR count). The fraction of sp³-hybridized carbons (Fsp3) is 0.333. The van der Waals surface area contributed by atoms with Crippen LogP contribution in [0.3, 0.4) is 0 Å². The van der Waals surface area contributed by atoms with Gasteiger partial charge in [-0.3, -0.25) is 4.79 Å². The summed E-state index contributed by atoms with van der Waals surface area (Å²) in [7, 11) is 0. The lowest BCUT2D eigenvalue weighted by molar-refractivity contribution is -0.131. The number of carbonyl (C=O) groups is 2. The van der Waals surface area contributed by atoms with Gasteiger partial charge in [-0.1, -0.05) is 12.2 Å². The third kappa shape index (κ3) is 2.27. The molecule has 1 aromatic carbocycles. The lowest BCUT2D eigenvalue weighted by atomic mass is 10.1. The Hall–Kier alpha value is -2.30. The van der Waals surface area contributed by atoms with E-state index in [4.69, 9.17) is 9.84 Å². The number of ether oxygens (including phenoxy) is 1. The average molecular weight is 273 g/mol. The van der Waals surface area contributed by atoms with Crippen LogP contribution in [-0.2, 0) is 4.79 Å². The molecule has 104 valence electrons. The summed E-state index contributed by atoms with van der Waals surface area (Å²) >= 11 is 0. The summed E-state index contributed by atoms with van der Waals surface area (Å²) in [6.07, 6.45) is 4.95. The van der Waals surface area contributed by atoms with Crippen LogP contribution in [0.1, 0.15) is 16.8 Å². The van der Waals surface area contributed by atoms with Crippen LogP contribution in [0.25, 0.3) is 0 Å². The number of carboxylic acid groups (broad SMARTS) is 1. The van der Waals surface area contributed by atoms with E-state index in [0.717, 1.165) is 6.42 Å². The SMILES string of the molecule is O=C(O)c1ccc(OCCN2C(=O)C3C=CC2C3)cc1. The first kappa shape index (κ1) is 12.7. The van der Waals surface area contributed by atoms with Gasteiger partial charge in [-0.2, -0.15) is 0 Å². The molecule has 1 amide bonds. The second kappa shape index (κ2) is 5.00. The van der Waals surface area contributed by atoms with Gasteiger partial charge in [0.15, 0.2) is 0 Å². The summed E-state index contributed by atoms with van der Waals surface area (Å²) in [6.45, 7) is 0.972. The molecule has 0 saturated carbocycles. The Balaban J connectivity index is 1.52. The Morgan fingerprint density at radius 3 is 2.65 bits per heavy atom. The number of hydrogen-bond acceptors (Lipinski definition) is 3. The number of carbonyl (C=O) groups excluding carboxylic acids is 1. The highest BCUT2D eigenvalue weighted by molar-refractivity contribution is 5.87.